The van der Waals surface area contributed by atoms with Crippen LogP contribution >= 0.6 is 11.3 Å². The van der Waals surface area contributed by atoms with Crippen molar-refractivity contribution in [2.45, 2.75) is 25.7 Å². The van der Waals surface area contributed by atoms with Gasteiger partial charge in [-0.1, -0.05) is 24.1 Å². The lowest BCUT2D eigenvalue weighted by atomic mass is 9.95. The Morgan fingerprint density at radius 3 is 2.78 bits per heavy atom. The number of methoxy groups -OCH3 is 1. The largest absolute Gasteiger partial charge is 0.493 e. The molecule has 1 aromatic heterocycles. The number of fused-ring (bicyclic) bond motifs is 1. The number of thiophene rings is 1. The van der Waals surface area contributed by atoms with E-state index in [4.69, 9.17) is 20.9 Å². The Bertz CT molecular complexity index is 1180. The number of carbonyl (C=O) groups excluding carboxylic acids is 1. The number of terminal acetylenes is 1. The first-order chi connectivity index (χ1) is 15.7. The fourth-order valence-electron chi connectivity index (χ4n) is 3.73. The molecule has 5 nitrogen and oxygen atoms in total. The van der Waals surface area contributed by atoms with E-state index in [2.05, 4.69) is 11.2 Å². The fourth-order valence-corrected chi connectivity index (χ4v) is 4.96. The van der Waals surface area contributed by atoms with Crippen molar-refractivity contribution in [2.24, 2.45) is 4.99 Å². The highest BCUT2D eigenvalue weighted by atomic mass is 32.1. The third kappa shape index (κ3) is 4.84. The number of nitrogens with zero attached hydrogens (tertiary/aromatic N) is 1. The number of hydrogen-bond acceptors (Lipinski definition) is 5. The van der Waals surface area contributed by atoms with Gasteiger partial charge in [0.15, 0.2) is 11.5 Å². The lowest BCUT2D eigenvalue weighted by Gasteiger charge is -2.12. The monoisotopic (exact) mass is 444 g/mol. The molecule has 2 aromatic carbocycles. The summed E-state index contributed by atoms with van der Waals surface area (Å²) in [5, 5.41) is 3.75. The summed E-state index contributed by atoms with van der Waals surface area (Å²) in [6, 6.07) is 15.0. The van der Waals surface area contributed by atoms with E-state index in [1.807, 2.05) is 42.5 Å². The number of aryl methyl sites for hydroxylation is 1. The summed E-state index contributed by atoms with van der Waals surface area (Å²) in [4.78, 5) is 19.2. The smallest absolute Gasteiger partial charge is 0.259 e. The first-order valence-corrected chi connectivity index (χ1v) is 11.3. The Hall–Kier alpha value is -3.56. The van der Waals surface area contributed by atoms with Crippen LogP contribution in [0.3, 0.4) is 0 Å². The molecular weight excluding hydrogens is 420 g/mol. The van der Waals surface area contributed by atoms with Crippen molar-refractivity contribution in [2.75, 3.05) is 19.0 Å². The van der Waals surface area contributed by atoms with Gasteiger partial charge in [0.1, 0.15) is 11.6 Å². The Morgan fingerprint density at radius 1 is 1.19 bits per heavy atom. The van der Waals surface area contributed by atoms with Gasteiger partial charge in [0.2, 0.25) is 0 Å². The third-order valence-electron chi connectivity index (χ3n) is 5.24. The zero-order chi connectivity index (χ0) is 22.3. The summed E-state index contributed by atoms with van der Waals surface area (Å²) in [6.07, 6.45) is 11.2. The standard InChI is InChI=1S/C26H24N2O3S/c1-3-15-31-21-14-13-18(16-22(21)30-2)17-27-26-24(20-11-7-8-12-23(20)32-26)25(29)28-19-9-5-4-6-10-19/h1,4-6,9-10,13-14,16-17H,7-8,11-12,15H2,2H3,(H,28,29). The van der Waals surface area contributed by atoms with Gasteiger partial charge in [-0.25, -0.2) is 4.99 Å². The van der Waals surface area contributed by atoms with Crippen LogP contribution < -0.4 is 14.8 Å². The molecule has 4 rings (SSSR count). The highest BCUT2D eigenvalue weighted by Crippen LogP contribution is 2.40. The van der Waals surface area contributed by atoms with Gasteiger partial charge < -0.3 is 14.8 Å². The van der Waals surface area contributed by atoms with Gasteiger partial charge in [-0.3, -0.25) is 4.79 Å². The number of carbonyl (C=O) groups is 1. The second-order valence-electron chi connectivity index (χ2n) is 7.37. The Morgan fingerprint density at radius 2 is 2.00 bits per heavy atom. The Balaban J connectivity index is 1.63. The van der Waals surface area contributed by atoms with Gasteiger partial charge in [-0.2, -0.15) is 0 Å². The summed E-state index contributed by atoms with van der Waals surface area (Å²) >= 11 is 1.61. The molecule has 1 amide bonds. The quantitative estimate of drug-likeness (QED) is 0.378. The summed E-state index contributed by atoms with van der Waals surface area (Å²) in [5.74, 6) is 3.49. The molecule has 0 saturated heterocycles. The number of para-hydroxylation sites is 1. The van der Waals surface area contributed by atoms with Gasteiger partial charge in [-0.15, -0.1) is 17.8 Å². The maximum Gasteiger partial charge on any atom is 0.259 e. The molecule has 0 atom stereocenters. The molecule has 0 fully saturated rings. The predicted octanol–water partition coefficient (Wildman–Crippen LogP) is 5.65. The van der Waals surface area contributed by atoms with Crippen molar-refractivity contribution in [3.8, 4) is 23.8 Å². The van der Waals surface area contributed by atoms with Crippen LogP contribution in [0.25, 0.3) is 0 Å². The first-order valence-electron chi connectivity index (χ1n) is 10.5. The van der Waals surface area contributed by atoms with Crippen LogP contribution in [-0.4, -0.2) is 25.8 Å². The fraction of sp³-hybridized carbons (Fsp3) is 0.231. The van der Waals surface area contributed by atoms with E-state index in [-0.39, 0.29) is 12.5 Å². The Kier molecular flexibility index (Phi) is 6.88. The topological polar surface area (TPSA) is 59.9 Å². The average Bonchev–Trinajstić information content (AvgIpc) is 3.20. The van der Waals surface area contributed by atoms with Crippen molar-refractivity contribution in [3.63, 3.8) is 0 Å². The van der Waals surface area contributed by atoms with Gasteiger partial charge in [0.25, 0.3) is 5.91 Å². The van der Waals surface area contributed by atoms with Crippen molar-refractivity contribution in [3.05, 3.63) is 70.1 Å². The third-order valence-corrected chi connectivity index (χ3v) is 6.44. The number of rotatable bonds is 7. The van der Waals surface area contributed by atoms with E-state index >= 15 is 0 Å². The summed E-state index contributed by atoms with van der Waals surface area (Å²) in [7, 11) is 1.58. The molecule has 1 aliphatic carbocycles. The normalized spacial score (nSPS) is 12.8. The lowest BCUT2D eigenvalue weighted by Crippen LogP contribution is -2.14. The van der Waals surface area contributed by atoms with Crippen LogP contribution in [0.15, 0.2) is 53.5 Å². The Labute approximate surface area is 192 Å². The van der Waals surface area contributed by atoms with Gasteiger partial charge >= 0.3 is 0 Å². The van der Waals surface area contributed by atoms with E-state index < -0.39 is 0 Å². The minimum absolute atomic E-state index is 0.113. The van der Waals surface area contributed by atoms with Crippen LogP contribution in [-0.2, 0) is 12.8 Å². The van der Waals surface area contributed by atoms with Gasteiger partial charge in [0, 0.05) is 16.8 Å². The number of benzene rings is 2. The molecular formula is C26H24N2O3S. The van der Waals surface area contributed by atoms with E-state index in [0.717, 1.165) is 47.5 Å². The van der Waals surface area contributed by atoms with Crippen LogP contribution in [0.2, 0.25) is 0 Å². The van der Waals surface area contributed by atoms with Crippen molar-refractivity contribution in [1.82, 2.24) is 0 Å². The summed E-state index contributed by atoms with van der Waals surface area (Å²) in [6.45, 7) is 0.171. The number of nitrogens with one attached hydrogen (secondary N) is 1. The van der Waals surface area contributed by atoms with E-state index in [0.29, 0.717) is 17.1 Å². The molecule has 0 spiro atoms. The number of hydrogen-bond donors (Lipinski definition) is 1. The minimum atomic E-state index is -0.113. The maximum absolute atomic E-state index is 13.2. The van der Waals surface area contributed by atoms with Crippen molar-refractivity contribution in [1.29, 1.82) is 0 Å². The molecule has 0 aliphatic heterocycles. The molecule has 162 valence electrons. The van der Waals surface area contributed by atoms with Crippen LogP contribution in [0.4, 0.5) is 10.7 Å². The average molecular weight is 445 g/mol. The van der Waals surface area contributed by atoms with Gasteiger partial charge in [0.05, 0.1) is 12.7 Å². The van der Waals surface area contributed by atoms with Crippen LogP contribution in [0.1, 0.15) is 39.2 Å². The van der Waals surface area contributed by atoms with E-state index in [1.54, 1.807) is 30.7 Å². The number of aliphatic imine (C=N–C) groups is 1. The van der Waals surface area contributed by atoms with Gasteiger partial charge in [-0.05, 0) is 67.1 Å². The van der Waals surface area contributed by atoms with Crippen LogP contribution in [0.5, 0.6) is 11.5 Å². The maximum atomic E-state index is 13.2. The molecule has 1 N–H and O–H groups in total. The molecule has 0 bridgehead atoms. The zero-order valence-electron chi connectivity index (χ0n) is 17.9. The highest BCUT2D eigenvalue weighted by molar-refractivity contribution is 7.16. The molecule has 0 saturated carbocycles. The molecule has 1 aliphatic rings. The first kappa shape index (κ1) is 21.7. The molecule has 0 unspecified atom stereocenters. The lowest BCUT2D eigenvalue weighted by molar-refractivity contribution is 0.102. The molecule has 32 heavy (non-hydrogen) atoms. The van der Waals surface area contributed by atoms with Crippen molar-refractivity contribution >= 4 is 34.1 Å². The van der Waals surface area contributed by atoms with Crippen molar-refractivity contribution < 1.29 is 14.3 Å². The molecule has 0 radical (unpaired) electrons. The number of ether oxygens (including phenoxy) is 2. The predicted molar refractivity (Wildman–Crippen MR) is 130 cm³/mol. The second kappa shape index (κ2) is 10.2. The van der Waals surface area contributed by atoms with E-state index in [1.165, 1.54) is 4.88 Å². The highest BCUT2D eigenvalue weighted by Gasteiger charge is 2.25. The minimum Gasteiger partial charge on any atom is -0.493 e. The SMILES string of the molecule is C#CCOc1ccc(C=Nc2sc3c(c2C(=O)Nc2ccccc2)CCCC3)cc1OC. The molecule has 3 aromatic rings. The summed E-state index contributed by atoms with van der Waals surface area (Å²) < 4.78 is 10.9. The molecule has 6 heteroatoms. The zero-order valence-corrected chi connectivity index (χ0v) is 18.7. The number of anilines is 1. The summed E-state index contributed by atoms with van der Waals surface area (Å²) in [5.41, 5.74) is 3.44. The molecule has 1 heterocycles. The van der Waals surface area contributed by atoms with E-state index in [9.17, 15) is 4.79 Å². The number of amides is 1. The van der Waals surface area contributed by atoms with Crippen LogP contribution in [0, 0.1) is 12.3 Å². The second-order valence-corrected chi connectivity index (χ2v) is 8.46.